The summed E-state index contributed by atoms with van der Waals surface area (Å²) in [6.07, 6.45) is 1.52. The summed E-state index contributed by atoms with van der Waals surface area (Å²) in [5.74, 6) is -0.0262. The number of amides is 2. The highest BCUT2D eigenvalue weighted by molar-refractivity contribution is 7.55. The van der Waals surface area contributed by atoms with Gasteiger partial charge in [-0.25, -0.2) is 0 Å². The molecule has 0 saturated carbocycles. The topological polar surface area (TPSA) is 122 Å². The third-order valence-electron chi connectivity index (χ3n) is 3.58. The molecule has 0 aromatic rings. The Kier molecular flexibility index (Phi) is 17.2. The summed E-state index contributed by atoms with van der Waals surface area (Å²) in [6.45, 7) is 8.95. The van der Waals surface area contributed by atoms with Gasteiger partial charge in [-0.15, -0.1) is 0 Å². The predicted molar refractivity (Wildman–Crippen MR) is 110 cm³/mol. The highest BCUT2D eigenvalue weighted by Gasteiger charge is 2.14. The van der Waals surface area contributed by atoms with Crippen LogP contribution in [0.4, 0.5) is 0 Å². The lowest BCUT2D eigenvalue weighted by molar-refractivity contribution is -0.176. The van der Waals surface area contributed by atoms with E-state index in [-0.39, 0.29) is 30.4 Å². The van der Waals surface area contributed by atoms with Crippen molar-refractivity contribution in [2.45, 2.75) is 40.0 Å². The Morgan fingerprint density at radius 3 is 1.82 bits per heavy atom. The van der Waals surface area contributed by atoms with Crippen molar-refractivity contribution in [2.75, 3.05) is 59.8 Å². The van der Waals surface area contributed by atoms with E-state index in [1.54, 1.807) is 18.9 Å². The molecule has 0 fully saturated rings. The third kappa shape index (κ3) is 16.9. The van der Waals surface area contributed by atoms with Crippen LogP contribution in [0.25, 0.3) is 0 Å². The molecule has 0 aliphatic carbocycles. The number of carbonyl (C=O) groups is 3. The number of likely N-dealkylation sites (N-methyl/N-ethyl adjacent to an activating group) is 2. The van der Waals surface area contributed by atoms with Gasteiger partial charge in [-0.2, -0.15) is 0 Å². The Morgan fingerprint density at radius 1 is 0.964 bits per heavy atom. The summed E-state index contributed by atoms with van der Waals surface area (Å²) >= 11 is 0. The number of hydrogen-bond donors (Lipinski definition) is 2. The summed E-state index contributed by atoms with van der Waals surface area (Å²) in [6, 6.07) is 0. The zero-order chi connectivity index (χ0) is 22.2. The molecule has 2 amide bonds. The van der Waals surface area contributed by atoms with Crippen LogP contribution in [0.2, 0.25) is 0 Å². The standard InChI is InChI=1S/C10H20N2O2.C8H19N2O3P/c1-4-5-10(14)12(7-6-11-3)8-9(2)13;1-4-8(11)10(6-5-9-2)7-14(3,12)13/h11H,4-8H2,1-3H3;9H,4-7H2,1-3H3,(H,12,13)/p-1. The summed E-state index contributed by atoms with van der Waals surface area (Å²) < 4.78 is 11.0. The molecule has 0 bridgehead atoms. The fraction of sp³-hybridized carbons (Fsp3) is 0.833. The molecule has 0 heterocycles. The van der Waals surface area contributed by atoms with Crippen LogP contribution >= 0.6 is 7.37 Å². The average molecular weight is 421 g/mol. The van der Waals surface area contributed by atoms with Crippen molar-refractivity contribution >= 4 is 25.0 Å². The van der Waals surface area contributed by atoms with E-state index in [0.717, 1.165) is 19.6 Å². The lowest BCUT2D eigenvalue weighted by Gasteiger charge is -2.28. The summed E-state index contributed by atoms with van der Waals surface area (Å²) in [5, 5.41) is 5.84. The molecule has 10 heteroatoms. The molecule has 166 valence electrons. The Balaban J connectivity index is 0. The van der Waals surface area contributed by atoms with Crippen molar-refractivity contribution in [2.24, 2.45) is 0 Å². The van der Waals surface area contributed by atoms with E-state index < -0.39 is 7.37 Å². The van der Waals surface area contributed by atoms with Gasteiger partial charge >= 0.3 is 0 Å². The van der Waals surface area contributed by atoms with Crippen molar-refractivity contribution in [3.05, 3.63) is 0 Å². The first kappa shape index (κ1) is 28.9. The largest absolute Gasteiger partial charge is 0.798 e. The van der Waals surface area contributed by atoms with Gasteiger partial charge in [0.05, 0.1) is 12.8 Å². The van der Waals surface area contributed by atoms with Gasteiger partial charge in [0.25, 0.3) is 0 Å². The molecule has 1 atom stereocenters. The summed E-state index contributed by atoms with van der Waals surface area (Å²) in [5.41, 5.74) is 0. The first-order valence-corrected chi connectivity index (χ1v) is 11.9. The number of rotatable bonds is 13. The van der Waals surface area contributed by atoms with Crippen molar-refractivity contribution in [3.63, 3.8) is 0 Å². The predicted octanol–water partition coefficient (Wildman–Crippen LogP) is 0.0936. The molecular formula is C18H38N4O5P-. The molecule has 28 heavy (non-hydrogen) atoms. The van der Waals surface area contributed by atoms with Gasteiger partial charge in [-0.1, -0.05) is 13.8 Å². The highest BCUT2D eigenvalue weighted by atomic mass is 31.2. The van der Waals surface area contributed by atoms with E-state index in [0.29, 0.717) is 32.5 Å². The number of ketones is 1. The van der Waals surface area contributed by atoms with E-state index in [1.807, 2.05) is 14.0 Å². The van der Waals surface area contributed by atoms with E-state index in [9.17, 15) is 23.8 Å². The van der Waals surface area contributed by atoms with Gasteiger partial charge in [0.15, 0.2) is 0 Å². The van der Waals surface area contributed by atoms with Crippen LogP contribution < -0.4 is 15.5 Å². The number of nitrogens with zero attached hydrogens (tertiary/aromatic N) is 2. The maximum absolute atomic E-state index is 11.5. The molecule has 9 nitrogen and oxygen atoms in total. The second kappa shape index (κ2) is 16.7. The van der Waals surface area contributed by atoms with E-state index in [1.165, 1.54) is 11.8 Å². The zero-order valence-corrected chi connectivity index (χ0v) is 19.1. The zero-order valence-electron chi connectivity index (χ0n) is 18.2. The summed E-state index contributed by atoms with van der Waals surface area (Å²) in [7, 11) is 0.189. The highest BCUT2D eigenvalue weighted by Crippen LogP contribution is 2.30. The fourth-order valence-corrected chi connectivity index (χ4v) is 3.15. The normalized spacial score (nSPS) is 12.4. The number of Topliss-reactive ketones (excluding diaryl/α,β-unsaturated/α-hetero) is 1. The van der Waals surface area contributed by atoms with Gasteiger partial charge in [-0.3, -0.25) is 14.4 Å². The molecule has 1 unspecified atom stereocenters. The van der Waals surface area contributed by atoms with Gasteiger partial charge in [0.2, 0.25) is 11.8 Å². The van der Waals surface area contributed by atoms with Gasteiger partial charge in [-0.05, 0) is 34.1 Å². The minimum absolute atomic E-state index is 0.0329. The maximum Gasteiger partial charge on any atom is 0.222 e. The van der Waals surface area contributed by atoms with Gasteiger partial charge in [0, 0.05) is 46.4 Å². The SMILES string of the molecule is CCC(=O)N(CCNC)CP(C)(=O)[O-].CCCC(=O)N(CCNC)CC(C)=O. The lowest BCUT2D eigenvalue weighted by atomic mass is 10.2. The average Bonchev–Trinajstić information content (AvgIpc) is 2.60. The second-order valence-corrected chi connectivity index (χ2v) is 8.95. The summed E-state index contributed by atoms with van der Waals surface area (Å²) in [4.78, 5) is 47.8. The number of hydrogen-bond acceptors (Lipinski definition) is 7. The van der Waals surface area contributed by atoms with Crippen LogP contribution in [0.3, 0.4) is 0 Å². The van der Waals surface area contributed by atoms with Crippen molar-refractivity contribution in [1.29, 1.82) is 0 Å². The van der Waals surface area contributed by atoms with Gasteiger partial charge in [0.1, 0.15) is 5.78 Å². The molecule has 0 aliphatic heterocycles. The Hall–Kier alpha value is -1.28. The molecule has 0 aromatic carbocycles. The molecular weight excluding hydrogens is 383 g/mol. The first-order valence-electron chi connectivity index (χ1n) is 9.64. The smallest absolute Gasteiger partial charge is 0.222 e. The van der Waals surface area contributed by atoms with E-state index in [4.69, 9.17) is 0 Å². The molecule has 2 N–H and O–H groups in total. The Bertz CT molecular complexity index is 510. The first-order chi connectivity index (χ1) is 13.0. The van der Waals surface area contributed by atoms with Crippen LogP contribution in [0.15, 0.2) is 0 Å². The van der Waals surface area contributed by atoms with Gasteiger partial charge < -0.3 is 29.9 Å². The molecule has 0 radical (unpaired) electrons. The van der Waals surface area contributed by atoms with Crippen LogP contribution in [0, 0.1) is 0 Å². The Labute approximate surface area is 169 Å². The van der Waals surface area contributed by atoms with E-state index in [2.05, 4.69) is 10.6 Å². The lowest BCUT2D eigenvalue weighted by Crippen LogP contribution is -2.38. The number of carbonyl (C=O) groups excluding carboxylic acids is 3. The monoisotopic (exact) mass is 421 g/mol. The van der Waals surface area contributed by atoms with Crippen molar-refractivity contribution < 1.29 is 23.8 Å². The number of nitrogens with one attached hydrogen (secondary N) is 2. The fourth-order valence-electron chi connectivity index (χ4n) is 2.23. The Morgan fingerprint density at radius 2 is 1.46 bits per heavy atom. The molecule has 0 rings (SSSR count). The minimum Gasteiger partial charge on any atom is -0.798 e. The van der Waals surface area contributed by atoms with Crippen LogP contribution in [0.5, 0.6) is 0 Å². The molecule has 0 aliphatic rings. The minimum atomic E-state index is -3.40. The second-order valence-electron chi connectivity index (χ2n) is 6.64. The van der Waals surface area contributed by atoms with Crippen LogP contribution in [0.1, 0.15) is 40.0 Å². The van der Waals surface area contributed by atoms with Crippen LogP contribution in [-0.4, -0.2) is 87.2 Å². The third-order valence-corrected chi connectivity index (χ3v) is 4.43. The molecule has 0 spiro atoms. The van der Waals surface area contributed by atoms with Crippen LogP contribution in [-0.2, 0) is 18.9 Å². The molecule has 0 aromatic heterocycles. The molecule has 0 saturated heterocycles. The van der Waals surface area contributed by atoms with Crippen molar-refractivity contribution in [3.8, 4) is 0 Å². The van der Waals surface area contributed by atoms with E-state index >= 15 is 0 Å². The quantitative estimate of drug-likeness (QED) is 0.404. The van der Waals surface area contributed by atoms with Crippen molar-refractivity contribution in [1.82, 2.24) is 20.4 Å². The maximum atomic E-state index is 11.5.